The summed E-state index contributed by atoms with van der Waals surface area (Å²) in [5.41, 5.74) is 15.8. The number of pyridine rings is 1. The normalized spacial score (nSPS) is 11.8. The van der Waals surface area contributed by atoms with Gasteiger partial charge in [0.05, 0.1) is 11.4 Å². The predicted molar refractivity (Wildman–Crippen MR) is 103 cm³/mol. The predicted octanol–water partition coefficient (Wildman–Crippen LogP) is 2.79. The van der Waals surface area contributed by atoms with E-state index in [2.05, 4.69) is 28.4 Å². The van der Waals surface area contributed by atoms with Gasteiger partial charge in [-0.2, -0.15) is 0 Å². The number of alkyl halides is 1. The average molecular weight is 354 g/mol. The minimum absolute atomic E-state index is 0.372. The van der Waals surface area contributed by atoms with Crippen LogP contribution in [0.2, 0.25) is 0 Å². The van der Waals surface area contributed by atoms with Crippen molar-refractivity contribution in [3.63, 3.8) is 0 Å². The number of rotatable bonds is 4. The molecule has 0 saturated carbocycles. The van der Waals surface area contributed by atoms with Gasteiger partial charge in [0.1, 0.15) is 5.69 Å². The van der Waals surface area contributed by atoms with Crippen LogP contribution in [0.5, 0.6) is 0 Å². The number of aromatic nitrogens is 3. The molecule has 0 radical (unpaired) electrons. The molecule has 0 saturated heterocycles. The first-order valence-electron chi connectivity index (χ1n) is 7.57. The standard InChI is InChI=1S/C19H20ClN5/c1-13(11-20)15(8-9-21)6-7-17-24-18(14(2)22)19(25(17)3)16-5-4-10-23-12-16/h4-5,8-10,12H,2,11,21-22H2,1,3H3/b9-8-,15-13-. The summed E-state index contributed by atoms with van der Waals surface area (Å²) in [6, 6.07) is 3.79. The maximum atomic E-state index is 5.91. The Morgan fingerprint density at radius 2 is 2.24 bits per heavy atom. The van der Waals surface area contributed by atoms with Crippen LogP contribution < -0.4 is 11.5 Å². The molecule has 25 heavy (non-hydrogen) atoms. The van der Waals surface area contributed by atoms with Crippen LogP contribution >= 0.6 is 11.6 Å². The molecular weight excluding hydrogens is 334 g/mol. The fraction of sp³-hybridized carbons (Fsp3) is 0.158. The van der Waals surface area contributed by atoms with E-state index in [1.165, 1.54) is 6.20 Å². The van der Waals surface area contributed by atoms with Crippen molar-refractivity contribution in [1.29, 1.82) is 0 Å². The second-order valence-electron chi connectivity index (χ2n) is 5.40. The van der Waals surface area contributed by atoms with Crippen molar-refractivity contribution in [3.8, 4) is 23.1 Å². The van der Waals surface area contributed by atoms with Crippen LogP contribution in [0.3, 0.4) is 0 Å². The van der Waals surface area contributed by atoms with Gasteiger partial charge in [0.25, 0.3) is 0 Å². The highest BCUT2D eigenvalue weighted by Crippen LogP contribution is 2.26. The molecule has 2 aromatic rings. The molecule has 128 valence electrons. The van der Waals surface area contributed by atoms with E-state index in [0.29, 0.717) is 23.1 Å². The molecule has 4 N–H and O–H groups in total. The summed E-state index contributed by atoms with van der Waals surface area (Å²) < 4.78 is 1.87. The Labute approximate surface area is 152 Å². The molecular formula is C19H20ClN5. The molecule has 0 aliphatic heterocycles. The SMILES string of the molecule is C=C(N)c1nc(C#CC(/C=C\N)=C(\C)CCl)n(C)c1-c1cccnc1. The van der Waals surface area contributed by atoms with Crippen molar-refractivity contribution in [2.45, 2.75) is 6.92 Å². The van der Waals surface area contributed by atoms with Gasteiger partial charge in [0.2, 0.25) is 0 Å². The molecule has 0 unspecified atom stereocenters. The minimum atomic E-state index is 0.372. The Balaban J connectivity index is 2.59. The molecule has 2 rings (SSSR count). The Kier molecular flexibility index (Phi) is 6.04. The molecule has 6 heteroatoms. The van der Waals surface area contributed by atoms with Gasteiger partial charge in [-0.05, 0) is 42.8 Å². The first kappa shape index (κ1) is 18.4. The van der Waals surface area contributed by atoms with Gasteiger partial charge in [-0.25, -0.2) is 4.98 Å². The molecule has 0 fully saturated rings. The highest BCUT2D eigenvalue weighted by molar-refractivity contribution is 6.19. The molecule has 0 aliphatic rings. The lowest BCUT2D eigenvalue weighted by Gasteiger charge is -2.05. The zero-order valence-electron chi connectivity index (χ0n) is 14.3. The quantitative estimate of drug-likeness (QED) is 0.503. The van der Waals surface area contributed by atoms with E-state index >= 15 is 0 Å². The molecule has 0 bridgehead atoms. The third kappa shape index (κ3) is 4.11. The van der Waals surface area contributed by atoms with E-state index in [1.807, 2.05) is 30.7 Å². The van der Waals surface area contributed by atoms with Crippen LogP contribution in [0.25, 0.3) is 17.0 Å². The highest BCUT2D eigenvalue weighted by Gasteiger charge is 2.16. The third-order valence-corrected chi connectivity index (χ3v) is 3.97. The molecule has 2 heterocycles. The summed E-state index contributed by atoms with van der Waals surface area (Å²) in [7, 11) is 1.88. The molecule has 0 atom stereocenters. The molecule has 0 amide bonds. The smallest absolute Gasteiger partial charge is 0.186 e. The zero-order valence-corrected chi connectivity index (χ0v) is 15.0. The molecule has 0 spiro atoms. The molecule has 5 nitrogen and oxygen atoms in total. The van der Waals surface area contributed by atoms with Crippen molar-refractivity contribution >= 4 is 17.3 Å². The maximum Gasteiger partial charge on any atom is 0.186 e. The van der Waals surface area contributed by atoms with Crippen molar-refractivity contribution < 1.29 is 0 Å². The molecule has 0 aliphatic carbocycles. The van der Waals surface area contributed by atoms with Gasteiger partial charge in [-0.15, -0.1) is 11.6 Å². The Bertz CT molecular complexity index is 895. The lowest BCUT2D eigenvalue weighted by atomic mass is 10.1. The van der Waals surface area contributed by atoms with E-state index < -0.39 is 0 Å². The van der Waals surface area contributed by atoms with Crippen molar-refractivity contribution in [1.82, 2.24) is 14.5 Å². The number of halogens is 1. The first-order valence-corrected chi connectivity index (χ1v) is 8.10. The number of nitrogens with zero attached hydrogens (tertiary/aromatic N) is 3. The monoisotopic (exact) mass is 353 g/mol. The van der Waals surface area contributed by atoms with Crippen molar-refractivity contribution in [3.05, 3.63) is 66.0 Å². The number of hydrogen-bond acceptors (Lipinski definition) is 4. The third-order valence-electron chi connectivity index (χ3n) is 3.57. The Morgan fingerprint density at radius 1 is 1.48 bits per heavy atom. The van der Waals surface area contributed by atoms with Crippen molar-refractivity contribution in [2.24, 2.45) is 18.5 Å². The zero-order chi connectivity index (χ0) is 18.4. The van der Waals surface area contributed by atoms with Crippen LogP contribution in [-0.4, -0.2) is 20.4 Å². The van der Waals surface area contributed by atoms with E-state index in [4.69, 9.17) is 23.1 Å². The van der Waals surface area contributed by atoms with Crippen LogP contribution in [0.15, 0.2) is 54.5 Å². The fourth-order valence-electron chi connectivity index (χ4n) is 2.25. The lowest BCUT2D eigenvalue weighted by molar-refractivity contribution is 0.900. The van der Waals surface area contributed by atoms with Crippen molar-refractivity contribution in [2.75, 3.05) is 5.88 Å². The van der Waals surface area contributed by atoms with E-state index in [1.54, 1.807) is 18.5 Å². The Morgan fingerprint density at radius 3 is 2.80 bits per heavy atom. The van der Waals surface area contributed by atoms with Gasteiger partial charge >= 0.3 is 0 Å². The summed E-state index contributed by atoms with van der Waals surface area (Å²) in [4.78, 5) is 8.68. The van der Waals surface area contributed by atoms with E-state index in [9.17, 15) is 0 Å². The number of imidazole rings is 1. The van der Waals surface area contributed by atoms with Crippen LogP contribution in [0.4, 0.5) is 0 Å². The number of hydrogen-bond donors (Lipinski definition) is 2. The molecule has 2 aromatic heterocycles. The maximum absolute atomic E-state index is 5.91. The van der Waals surface area contributed by atoms with E-state index in [0.717, 1.165) is 22.4 Å². The van der Waals surface area contributed by atoms with E-state index in [-0.39, 0.29) is 0 Å². The average Bonchev–Trinajstić information content (AvgIpc) is 2.95. The number of nitrogens with two attached hydrogens (primary N) is 2. The largest absolute Gasteiger partial charge is 0.405 e. The summed E-state index contributed by atoms with van der Waals surface area (Å²) in [5, 5.41) is 0. The summed E-state index contributed by atoms with van der Waals surface area (Å²) in [6.45, 7) is 5.72. The minimum Gasteiger partial charge on any atom is -0.405 e. The van der Waals surface area contributed by atoms with Gasteiger partial charge in [-0.3, -0.25) is 4.98 Å². The molecule has 0 aromatic carbocycles. The highest BCUT2D eigenvalue weighted by atomic mass is 35.5. The van der Waals surface area contributed by atoms with Crippen LogP contribution in [0, 0.1) is 11.8 Å². The lowest BCUT2D eigenvalue weighted by Crippen LogP contribution is -1.99. The van der Waals surface area contributed by atoms with Gasteiger partial charge in [-0.1, -0.05) is 12.5 Å². The van der Waals surface area contributed by atoms with Crippen LogP contribution in [0.1, 0.15) is 18.4 Å². The van der Waals surface area contributed by atoms with Crippen LogP contribution in [-0.2, 0) is 7.05 Å². The summed E-state index contributed by atoms with van der Waals surface area (Å²) in [5.74, 6) is 7.06. The van der Waals surface area contributed by atoms with Gasteiger partial charge < -0.3 is 16.0 Å². The Hall–Kier alpha value is -2.97. The second-order valence-corrected chi connectivity index (χ2v) is 5.66. The van der Waals surface area contributed by atoms with Gasteiger partial charge in [0, 0.05) is 36.5 Å². The topological polar surface area (TPSA) is 82.7 Å². The fourth-order valence-corrected chi connectivity index (χ4v) is 2.39. The van der Waals surface area contributed by atoms with Gasteiger partial charge in [0.15, 0.2) is 5.82 Å². The summed E-state index contributed by atoms with van der Waals surface area (Å²) >= 11 is 5.89. The number of allylic oxidation sites excluding steroid dienone is 3. The second kappa shape index (κ2) is 8.22. The first-order chi connectivity index (χ1) is 12.0. The summed E-state index contributed by atoms with van der Waals surface area (Å²) in [6.07, 6.45) is 6.62.